The average Bonchev–Trinajstić information content (AvgIpc) is 3.27. The number of carbonyl (C=O) groups is 3. The van der Waals surface area contributed by atoms with Crippen molar-refractivity contribution in [1.29, 1.82) is 0 Å². The number of benzene rings is 1. The van der Waals surface area contributed by atoms with Gasteiger partial charge in [0.1, 0.15) is 5.76 Å². The van der Waals surface area contributed by atoms with Gasteiger partial charge >= 0.3 is 5.97 Å². The summed E-state index contributed by atoms with van der Waals surface area (Å²) in [4.78, 5) is 36.2. The van der Waals surface area contributed by atoms with E-state index in [4.69, 9.17) is 9.26 Å². The normalized spacial score (nSPS) is 13.7. The molecule has 7 heteroatoms. The van der Waals surface area contributed by atoms with E-state index in [1.165, 1.54) is 18.1 Å². The zero-order valence-electron chi connectivity index (χ0n) is 15.4. The summed E-state index contributed by atoms with van der Waals surface area (Å²) >= 11 is 0. The lowest BCUT2D eigenvalue weighted by molar-refractivity contribution is -0.153. The molecule has 1 heterocycles. The number of amides is 1. The van der Waals surface area contributed by atoms with E-state index in [1.807, 2.05) is 18.2 Å². The van der Waals surface area contributed by atoms with E-state index in [1.54, 1.807) is 13.0 Å². The largest absolute Gasteiger partial charge is 0.453 e. The Morgan fingerprint density at radius 2 is 1.96 bits per heavy atom. The summed E-state index contributed by atoms with van der Waals surface area (Å²) in [6.07, 6.45) is 2.16. The lowest BCUT2D eigenvalue weighted by atomic mass is 10.0. The molecule has 142 valence electrons. The number of aryl methyl sites for hydroxylation is 3. The molecule has 0 unspecified atom stereocenters. The number of ketones is 1. The quantitative estimate of drug-likeness (QED) is 0.594. The zero-order chi connectivity index (χ0) is 19.4. The smallest absolute Gasteiger partial charge is 0.307 e. The molecular formula is C20H22N2O5. The first-order valence-electron chi connectivity index (χ1n) is 9.01. The van der Waals surface area contributed by atoms with Crippen molar-refractivity contribution in [3.05, 3.63) is 46.7 Å². The molecule has 7 nitrogen and oxygen atoms in total. The van der Waals surface area contributed by atoms with Gasteiger partial charge in [-0.15, -0.1) is 0 Å². The second kappa shape index (κ2) is 8.16. The van der Waals surface area contributed by atoms with Crippen LogP contribution in [0.4, 0.5) is 5.82 Å². The Hall–Kier alpha value is -2.96. The number of hydrogen-bond donors (Lipinski definition) is 1. The molecule has 0 aliphatic heterocycles. The number of anilines is 1. The van der Waals surface area contributed by atoms with E-state index >= 15 is 0 Å². The molecule has 1 amide bonds. The number of carbonyl (C=O) groups excluding carboxylic acids is 3. The van der Waals surface area contributed by atoms with Crippen molar-refractivity contribution in [3.8, 4) is 0 Å². The molecule has 1 N–H and O–H groups in total. The molecule has 1 aliphatic rings. The van der Waals surface area contributed by atoms with Crippen molar-refractivity contribution >= 4 is 23.5 Å². The third-order valence-corrected chi connectivity index (χ3v) is 4.53. The highest BCUT2D eigenvalue weighted by Gasteiger charge is 2.20. The van der Waals surface area contributed by atoms with Gasteiger partial charge in [0.25, 0.3) is 5.91 Å². The molecule has 1 aromatic heterocycles. The number of fused-ring (bicyclic) bond motifs is 1. The first kappa shape index (κ1) is 18.8. The van der Waals surface area contributed by atoms with E-state index in [-0.39, 0.29) is 24.4 Å². The van der Waals surface area contributed by atoms with Gasteiger partial charge in [-0.3, -0.25) is 14.4 Å². The summed E-state index contributed by atoms with van der Waals surface area (Å²) in [5.74, 6) is -0.394. The summed E-state index contributed by atoms with van der Waals surface area (Å²) in [5.41, 5.74) is 3.14. The molecule has 0 saturated heterocycles. The Labute approximate surface area is 157 Å². The Balaban J connectivity index is 1.46. The first-order chi connectivity index (χ1) is 12.9. The molecule has 0 bridgehead atoms. The van der Waals surface area contributed by atoms with Crippen LogP contribution in [0.1, 0.15) is 53.4 Å². The molecule has 0 saturated carbocycles. The van der Waals surface area contributed by atoms with Crippen molar-refractivity contribution in [2.24, 2.45) is 0 Å². The van der Waals surface area contributed by atoms with E-state index < -0.39 is 18.0 Å². The highest BCUT2D eigenvalue weighted by atomic mass is 16.5. The third-order valence-electron chi connectivity index (χ3n) is 4.53. The summed E-state index contributed by atoms with van der Waals surface area (Å²) in [5, 5.41) is 6.14. The molecule has 0 radical (unpaired) electrons. The highest BCUT2D eigenvalue weighted by molar-refractivity contribution is 5.98. The van der Waals surface area contributed by atoms with Gasteiger partial charge in [-0.25, -0.2) is 0 Å². The van der Waals surface area contributed by atoms with Gasteiger partial charge in [0.15, 0.2) is 17.7 Å². The number of rotatable bonds is 7. The Kier molecular flexibility index (Phi) is 5.69. The maximum absolute atomic E-state index is 12.3. The van der Waals surface area contributed by atoms with Crippen LogP contribution in [0.5, 0.6) is 0 Å². The fourth-order valence-corrected chi connectivity index (χ4v) is 3.07. The second-order valence-electron chi connectivity index (χ2n) is 6.70. The van der Waals surface area contributed by atoms with Gasteiger partial charge in [0, 0.05) is 18.1 Å². The molecule has 0 fully saturated rings. The fraction of sp³-hybridized carbons (Fsp3) is 0.400. The second-order valence-corrected chi connectivity index (χ2v) is 6.70. The van der Waals surface area contributed by atoms with E-state index in [0.29, 0.717) is 11.3 Å². The number of esters is 1. The standard InChI is InChI=1S/C20H22N2O5/c1-12-10-18(22-27-12)21-20(25)13(2)26-19(24)9-8-17(23)16-7-6-14-4-3-5-15(14)11-16/h6-7,10-11,13H,3-5,8-9H2,1-2H3,(H,21,22,25)/t13-/m0/s1. The predicted molar refractivity (Wildman–Crippen MR) is 97.5 cm³/mol. The molecule has 1 aromatic carbocycles. The molecule has 0 spiro atoms. The monoisotopic (exact) mass is 370 g/mol. The zero-order valence-corrected chi connectivity index (χ0v) is 15.4. The van der Waals surface area contributed by atoms with Gasteiger partial charge in [-0.05, 0) is 50.3 Å². The fourth-order valence-electron chi connectivity index (χ4n) is 3.07. The summed E-state index contributed by atoms with van der Waals surface area (Å²) in [6.45, 7) is 3.16. The number of Topliss-reactive ketones (excluding diaryl/α,β-unsaturated/α-hetero) is 1. The number of aromatic nitrogens is 1. The first-order valence-corrected chi connectivity index (χ1v) is 9.01. The SMILES string of the molecule is Cc1cc(NC(=O)[C@H](C)OC(=O)CCC(=O)c2ccc3c(c2)CCC3)no1. The molecular weight excluding hydrogens is 348 g/mol. The number of nitrogens with one attached hydrogen (secondary N) is 1. The molecule has 1 atom stereocenters. The van der Waals surface area contributed by atoms with Crippen LogP contribution < -0.4 is 5.32 Å². The van der Waals surface area contributed by atoms with Crippen LogP contribution in [0.15, 0.2) is 28.8 Å². The maximum Gasteiger partial charge on any atom is 0.307 e. The van der Waals surface area contributed by atoms with Crippen LogP contribution in [0.2, 0.25) is 0 Å². The van der Waals surface area contributed by atoms with Gasteiger partial charge < -0.3 is 14.6 Å². The van der Waals surface area contributed by atoms with Gasteiger partial charge in [-0.1, -0.05) is 17.3 Å². The third kappa shape index (κ3) is 4.81. The van der Waals surface area contributed by atoms with E-state index in [0.717, 1.165) is 19.3 Å². The molecule has 3 rings (SSSR count). The van der Waals surface area contributed by atoms with Crippen molar-refractivity contribution in [1.82, 2.24) is 5.16 Å². The molecule has 1 aliphatic carbocycles. The van der Waals surface area contributed by atoms with Crippen molar-refractivity contribution < 1.29 is 23.6 Å². The minimum atomic E-state index is -0.996. The summed E-state index contributed by atoms with van der Waals surface area (Å²) in [6, 6.07) is 7.29. The number of hydrogen-bond acceptors (Lipinski definition) is 6. The Morgan fingerprint density at radius 1 is 1.19 bits per heavy atom. The van der Waals surface area contributed by atoms with Gasteiger partial charge in [-0.2, -0.15) is 0 Å². The topological polar surface area (TPSA) is 98.5 Å². The lowest BCUT2D eigenvalue weighted by Gasteiger charge is -2.12. The maximum atomic E-state index is 12.3. The van der Waals surface area contributed by atoms with E-state index in [2.05, 4.69) is 10.5 Å². The van der Waals surface area contributed by atoms with Crippen molar-refractivity contribution in [2.45, 2.75) is 52.1 Å². The van der Waals surface area contributed by atoms with Crippen LogP contribution >= 0.6 is 0 Å². The molecule has 27 heavy (non-hydrogen) atoms. The number of nitrogens with zero attached hydrogens (tertiary/aromatic N) is 1. The average molecular weight is 370 g/mol. The minimum Gasteiger partial charge on any atom is -0.453 e. The van der Waals surface area contributed by atoms with Crippen molar-refractivity contribution in [3.63, 3.8) is 0 Å². The summed E-state index contributed by atoms with van der Waals surface area (Å²) < 4.78 is 9.94. The van der Waals surface area contributed by atoms with Crippen LogP contribution in [0, 0.1) is 6.92 Å². The van der Waals surface area contributed by atoms with Crippen LogP contribution in [0.3, 0.4) is 0 Å². The molecule has 2 aromatic rings. The van der Waals surface area contributed by atoms with Crippen molar-refractivity contribution in [2.75, 3.05) is 5.32 Å². The van der Waals surface area contributed by atoms with Gasteiger partial charge in [0.05, 0.1) is 6.42 Å². The lowest BCUT2D eigenvalue weighted by Crippen LogP contribution is -2.30. The van der Waals surface area contributed by atoms with Crippen LogP contribution in [-0.2, 0) is 27.2 Å². The Morgan fingerprint density at radius 3 is 2.70 bits per heavy atom. The minimum absolute atomic E-state index is 0.0500. The van der Waals surface area contributed by atoms with E-state index in [9.17, 15) is 14.4 Å². The number of ether oxygens (including phenoxy) is 1. The Bertz CT molecular complexity index is 871. The van der Waals surface area contributed by atoms with Crippen LogP contribution in [0.25, 0.3) is 0 Å². The summed E-state index contributed by atoms with van der Waals surface area (Å²) in [7, 11) is 0. The predicted octanol–water partition coefficient (Wildman–Crippen LogP) is 3.01. The highest BCUT2D eigenvalue weighted by Crippen LogP contribution is 2.23. The van der Waals surface area contributed by atoms with Crippen LogP contribution in [-0.4, -0.2) is 28.9 Å². The van der Waals surface area contributed by atoms with Gasteiger partial charge in [0.2, 0.25) is 0 Å².